The second-order valence-electron chi connectivity index (χ2n) is 6.03. The van der Waals surface area contributed by atoms with E-state index in [1.807, 2.05) is 6.07 Å². The first kappa shape index (κ1) is 16.9. The first-order chi connectivity index (χ1) is 9.40. The molecule has 0 aliphatic rings. The molecule has 0 fully saturated rings. The van der Waals surface area contributed by atoms with Gasteiger partial charge in [0, 0.05) is 24.6 Å². The summed E-state index contributed by atoms with van der Waals surface area (Å²) in [7, 11) is 0. The number of nitrogens with zero attached hydrogens (tertiary/aromatic N) is 2. The van der Waals surface area contributed by atoms with E-state index in [9.17, 15) is 0 Å². The molecular weight excluding hydrogens is 250 g/mol. The molecule has 0 unspecified atom stereocenters. The molecule has 0 aliphatic heterocycles. The van der Waals surface area contributed by atoms with Crippen LogP contribution in [0.2, 0.25) is 0 Å². The number of likely N-dealkylation sites (N-methyl/N-ethyl adjacent to an activating group) is 1. The van der Waals surface area contributed by atoms with Crippen LogP contribution in [0, 0.1) is 0 Å². The predicted molar refractivity (Wildman–Crippen MR) is 84.1 cm³/mol. The number of hydrogen-bond donors (Lipinski definition) is 1. The molecule has 0 aliphatic carbocycles. The Labute approximate surface area is 123 Å². The molecule has 4 heteroatoms. The molecule has 4 nitrogen and oxygen atoms in total. The number of nitrogens with two attached hydrogens (primary N) is 1. The number of hydrogen-bond acceptors (Lipinski definition) is 4. The molecule has 1 aromatic rings. The molecule has 0 saturated heterocycles. The molecule has 20 heavy (non-hydrogen) atoms. The summed E-state index contributed by atoms with van der Waals surface area (Å²) in [6.45, 7) is 15.0. The minimum Gasteiger partial charge on any atom is -0.476 e. The van der Waals surface area contributed by atoms with Gasteiger partial charge < -0.3 is 15.4 Å². The van der Waals surface area contributed by atoms with E-state index >= 15 is 0 Å². The second-order valence-corrected chi connectivity index (χ2v) is 6.03. The number of rotatable bonds is 7. The summed E-state index contributed by atoms with van der Waals surface area (Å²) >= 11 is 0. The van der Waals surface area contributed by atoms with Crippen molar-refractivity contribution >= 4 is 0 Å². The van der Waals surface area contributed by atoms with Crippen molar-refractivity contribution in [3.63, 3.8) is 0 Å². The molecule has 0 spiro atoms. The van der Waals surface area contributed by atoms with E-state index < -0.39 is 0 Å². The normalized spacial score (nSPS) is 11.9. The van der Waals surface area contributed by atoms with Crippen LogP contribution in [-0.2, 0) is 12.0 Å². The number of aromatic nitrogens is 1. The zero-order valence-electron chi connectivity index (χ0n) is 13.6. The standard InChI is InChI=1S/C16H29N3O/c1-6-19(7-2)8-9-20-15-11-13(12-17)10-14(18-15)16(3,4)5/h10-11H,6-9,12,17H2,1-5H3. The molecule has 0 bridgehead atoms. The van der Waals surface area contributed by atoms with E-state index in [0.717, 1.165) is 30.9 Å². The number of ether oxygens (including phenoxy) is 1. The summed E-state index contributed by atoms with van der Waals surface area (Å²) in [6.07, 6.45) is 0. The minimum absolute atomic E-state index is 0.00215. The van der Waals surface area contributed by atoms with Crippen molar-refractivity contribution in [1.29, 1.82) is 0 Å². The van der Waals surface area contributed by atoms with Crippen molar-refractivity contribution in [2.24, 2.45) is 5.73 Å². The van der Waals surface area contributed by atoms with E-state index in [-0.39, 0.29) is 5.41 Å². The van der Waals surface area contributed by atoms with Crippen molar-refractivity contribution in [2.75, 3.05) is 26.2 Å². The molecule has 1 rings (SSSR count). The molecule has 0 aromatic carbocycles. The van der Waals surface area contributed by atoms with Gasteiger partial charge in [-0.05, 0) is 24.7 Å². The van der Waals surface area contributed by atoms with Crippen molar-refractivity contribution in [1.82, 2.24) is 9.88 Å². The minimum atomic E-state index is 0.00215. The van der Waals surface area contributed by atoms with Gasteiger partial charge in [-0.15, -0.1) is 0 Å². The molecule has 0 amide bonds. The SMILES string of the molecule is CCN(CC)CCOc1cc(CN)cc(C(C)(C)C)n1. The van der Waals surface area contributed by atoms with Crippen LogP contribution in [0.5, 0.6) is 5.88 Å². The van der Waals surface area contributed by atoms with Crippen LogP contribution in [0.15, 0.2) is 12.1 Å². The van der Waals surface area contributed by atoms with Gasteiger partial charge in [-0.2, -0.15) is 0 Å². The lowest BCUT2D eigenvalue weighted by atomic mass is 9.91. The van der Waals surface area contributed by atoms with Gasteiger partial charge in [0.15, 0.2) is 0 Å². The Morgan fingerprint density at radius 3 is 2.35 bits per heavy atom. The topological polar surface area (TPSA) is 51.4 Å². The second kappa shape index (κ2) is 7.60. The lowest BCUT2D eigenvalue weighted by Gasteiger charge is -2.21. The van der Waals surface area contributed by atoms with E-state index in [2.05, 4.69) is 50.6 Å². The summed E-state index contributed by atoms with van der Waals surface area (Å²) < 4.78 is 5.81. The maximum absolute atomic E-state index is 5.81. The fourth-order valence-corrected chi connectivity index (χ4v) is 1.95. The highest BCUT2D eigenvalue weighted by Crippen LogP contribution is 2.24. The zero-order valence-corrected chi connectivity index (χ0v) is 13.6. The van der Waals surface area contributed by atoms with E-state index in [0.29, 0.717) is 19.0 Å². The molecule has 0 radical (unpaired) electrons. The zero-order chi connectivity index (χ0) is 15.2. The predicted octanol–water partition coefficient (Wildman–Crippen LogP) is 2.56. The Morgan fingerprint density at radius 2 is 1.85 bits per heavy atom. The Hall–Kier alpha value is -1.13. The third-order valence-corrected chi connectivity index (χ3v) is 3.42. The Morgan fingerprint density at radius 1 is 1.20 bits per heavy atom. The summed E-state index contributed by atoms with van der Waals surface area (Å²) in [5.41, 5.74) is 7.86. The van der Waals surface area contributed by atoms with E-state index in [1.165, 1.54) is 0 Å². The molecule has 1 aromatic heterocycles. The van der Waals surface area contributed by atoms with Gasteiger partial charge >= 0.3 is 0 Å². The van der Waals surface area contributed by atoms with Gasteiger partial charge in [0.25, 0.3) is 0 Å². The monoisotopic (exact) mass is 279 g/mol. The van der Waals surface area contributed by atoms with Gasteiger partial charge in [0.1, 0.15) is 6.61 Å². The van der Waals surface area contributed by atoms with Crippen LogP contribution in [0.25, 0.3) is 0 Å². The first-order valence-corrected chi connectivity index (χ1v) is 7.47. The van der Waals surface area contributed by atoms with Gasteiger partial charge in [0.2, 0.25) is 5.88 Å². The van der Waals surface area contributed by atoms with Crippen LogP contribution in [0.1, 0.15) is 45.9 Å². The Balaban J connectivity index is 2.74. The van der Waals surface area contributed by atoms with Gasteiger partial charge in [-0.25, -0.2) is 4.98 Å². The van der Waals surface area contributed by atoms with Crippen LogP contribution in [-0.4, -0.2) is 36.1 Å². The van der Waals surface area contributed by atoms with E-state index in [4.69, 9.17) is 10.5 Å². The van der Waals surface area contributed by atoms with Crippen LogP contribution < -0.4 is 10.5 Å². The Kier molecular flexibility index (Phi) is 6.43. The quantitative estimate of drug-likeness (QED) is 0.833. The van der Waals surface area contributed by atoms with Gasteiger partial charge in [-0.3, -0.25) is 0 Å². The largest absolute Gasteiger partial charge is 0.476 e. The average Bonchev–Trinajstić information content (AvgIpc) is 2.42. The average molecular weight is 279 g/mol. The molecule has 0 atom stereocenters. The van der Waals surface area contributed by atoms with Crippen molar-refractivity contribution < 1.29 is 4.74 Å². The smallest absolute Gasteiger partial charge is 0.213 e. The highest BCUT2D eigenvalue weighted by molar-refractivity contribution is 5.28. The third-order valence-electron chi connectivity index (χ3n) is 3.42. The first-order valence-electron chi connectivity index (χ1n) is 7.47. The lowest BCUT2D eigenvalue weighted by Crippen LogP contribution is -2.28. The van der Waals surface area contributed by atoms with Gasteiger partial charge in [-0.1, -0.05) is 34.6 Å². The van der Waals surface area contributed by atoms with Crippen LogP contribution >= 0.6 is 0 Å². The van der Waals surface area contributed by atoms with Gasteiger partial charge in [0.05, 0.1) is 5.69 Å². The maximum Gasteiger partial charge on any atom is 0.213 e. The van der Waals surface area contributed by atoms with Crippen LogP contribution in [0.4, 0.5) is 0 Å². The summed E-state index contributed by atoms with van der Waals surface area (Å²) in [4.78, 5) is 6.94. The van der Waals surface area contributed by atoms with Crippen molar-refractivity contribution in [3.8, 4) is 5.88 Å². The number of pyridine rings is 1. The maximum atomic E-state index is 5.81. The molecule has 2 N–H and O–H groups in total. The van der Waals surface area contributed by atoms with Crippen molar-refractivity contribution in [2.45, 2.75) is 46.6 Å². The summed E-state index contributed by atoms with van der Waals surface area (Å²) in [5, 5.41) is 0. The lowest BCUT2D eigenvalue weighted by molar-refractivity contribution is 0.217. The molecule has 1 heterocycles. The summed E-state index contributed by atoms with van der Waals surface area (Å²) in [6, 6.07) is 4.01. The highest BCUT2D eigenvalue weighted by atomic mass is 16.5. The Bertz CT molecular complexity index is 409. The van der Waals surface area contributed by atoms with Crippen LogP contribution in [0.3, 0.4) is 0 Å². The third kappa shape index (κ3) is 5.10. The van der Waals surface area contributed by atoms with Crippen molar-refractivity contribution in [3.05, 3.63) is 23.4 Å². The fourth-order valence-electron chi connectivity index (χ4n) is 1.95. The highest BCUT2D eigenvalue weighted by Gasteiger charge is 2.17. The van der Waals surface area contributed by atoms with E-state index in [1.54, 1.807) is 0 Å². The molecule has 0 saturated carbocycles. The molecular formula is C16H29N3O. The summed E-state index contributed by atoms with van der Waals surface area (Å²) in [5.74, 6) is 0.685. The molecule has 114 valence electrons. The fraction of sp³-hybridized carbons (Fsp3) is 0.688.